The lowest BCUT2D eigenvalue weighted by molar-refractivity contribution is 0.385. The van der Waals surface area contributed by atoms with Crippen LogP contribution in [0.2, 0.25) is 0 Å². The fraction of sp³-hybridized carbons (Fsp3) is 0.273. The second-order valence-corrected chi connectivity index (χ2v) is 3.41. The summed E-state index contributed by atoms with van der Waals surface area (Å²) in [4.78, 5) is 16.2. The number of rotatable bonds is 4. The molecule has 0 bridgehead atoms. The third-order valence-corrected chi connectivity index (χ3v) is 2.37. The van der Waals surface area contributed by atoms with Gasteiger partial charge in [0.1, 0.15) is 12.0 Å². The average molecular weight is 247 g/mol. The Morgan fingerprint density at radius 1 is 1.06 bits per heavy atom. The molecule has 2 rings (SSSR count). The Hall–Kier alpha value is -2.28. The van der Waals surface area contributed by atoms with Crippen molar-refractivity contribution in [1.29, 1.82) is 0 Å². The van der Waals surface area contributed by atoms with Crippen molar-refractivity contribution in [2.75, 3.05) is 14.2 Å². The maximum atomic E-state index is 6.09. The Morgan fingerprint density at radius 3 is 2.56 bits per heavy atom. The van der Waals surface area contributed by atoms with E-state index in [1.54, 1.807) is 12.3 Å². The molecule has 7 nitrogen and oxygen atoms in total. The van der Waals surface area contributed by atoms with Crippen LogP contribution < -0.4 is 15.2 Å². The van der Waals surface area contributed by atoms with Crippen molar-refractivity contribution < 1.29 is 9.47 Å². The first-order valence-electron chi connectivity index (χ1n) is 5.22. The Labute approximate surface area is 104 Å². The van der Waals surface area contributed by atoms with Gasteiger partial charge in [-0.2, -0.15) is 0 Å². The average Bonchev–Trinajstić information content (AvgIpc) is 2.46. The topological polar surface area (TPSA) is 96.0 Å². The molecule has 0 aliphatic heterocycles. The van der Waals surface area contributed by atoms with E-state index in [-0.39, 0.29) is 0 Å². The van der Waals surface area contributed by atoms with Crippen LogP contribution in [-0.4, -0.2) is 34.2 Å². The molecule has 2 N–H and O–H groups in total. The molecule has 0 aliphatic carbocycles. The normalized spacial score (nSPS) is 11.9. The summed E-state index contributed by atoms with van der Waals surface area (Å²) in [5.41, 5.74) is 7.19. The second kappa shape index (κ2) is 5.37. The first kappa shape index (κ1) is 12.2. The fourth-order valence-electron chi connectivity index (χ4n) is 1.48. The van der Waals surface area contributed by atoms with Gasteiger partial charge >= 0.3 is 0 Å². The molecule has 0 radical (unpaired) electrons. The first-order chi connectivity index (χ1) is 8.76. The van der Waals surface area contributed by atoms with Gasteiger partial charge in [-0.15, -0.1) is 0 Å². The van der Waals surface area contributed by atoms with Gasteiger partial charge in [-0.3, -0.25) is 4.98 Å². The van der Waals surface area contributed by atoms with Crippen LogP contribution in [0, 0.1) is 0 Å². The number of ether oxygens (including phenoxy) is 2. The van der Waals surface area contributed by atoms with E-state index in [1.807, 2.05) is 0 Å². The summed E-state index contributed by atoms with van der Waals surface area (Å²) >= 11 is 0. The molecule has 2 aromatic heterocycles. The highest BCUT2D eigenvalue weighted by Gasteiger charge is 2.18. The summed E-state index contributed by atoms with van der Waals surface area (Å²) in [7, 11) is 3.04. The lowest BCUT2D eigenvalue weighted by atomic mass is 10.1. The van der Waals surface area contributed by atoms with Crippen molar-refractivity contribution in [1.82, 2.24) is 19.9 Å². The molecule has 0 saturated heterocycles. The molecular weight excluding hydrogens is 234 g/mol. The van der Waals surface area contributed by atoms with Crippen LogP contribution in [0.1, 0.15) is 17.4 Å². The molecule has 0 aliphatic rings. The highest BCUT2D eigenvalue weighted by atomic mass is 16.5. The van der Waals surface area contributed by atoms with Crippen LogP contribution in [0.25, 0.3) is 0 Å². The number of nitrogens with two attached hydrogens (primary N) is 1. The number of hydrogen-bond donors (Lipinski definition) is 1. The SMILES string of the molecule is COc1cc(C(N)c2nccnc2OC)ncn1. The molecule has 7 heteroatoms. The van der Waals surface area contributed by atoms with E-state index in [4.69, 9.17) is 15.2 Å². The Bertz CT molecular complexity index is 534. The van der Waals surface area contributed by atoms with Gasteiger partial charge in [-0.1, -0.05) is 0 Å². The van der Waals surface area contributed by atoms with Gasteiger partial charge in [0.15, 0.2) is 0 Å². The van der Waals surface area contributed by atoms with Gasteiger partial charge in [0.2, 0.25) is 11.8 Å². The van der Waals surface area contributed by atoms with E-state index >= 15 is 0 Å². The standard InChI is InChI=1S/C11H13N5O2/c1-17-8-5-7(15-6-16-8)9(12)10-11(18-2)14-4-3-13-10/h3-6,9H,12H2,1-2H3. The van der Waals surface area contributed by atoms with E-state index in [2.05, 4.69) is 19.9 Å². The molecule has 1 unspecified atom stereocenters. The largest absolute Gasteiger partial charge is 0.481 e. The highest BCUT2D eigenvalue weighted by Crippen LogP contribution is 2.23. The number of aromatic nitrogens is 4. The quantitative estimate of drug-likeness (QED) is 0.831. The Kier molecular flexibility index (Phi) is 3.63. The molecule has 0 fully saturated rings. The third kappa shape index (κ3) is 2.35. The highest BCUT2D eigenvalue weighted by molar-refractivity contribution is 5.29. The molecular formula is C11H13N5O2. The number of hydrogen-bond acceptors (Lipinski definition) is 7. The zero-order valence-corrected chi connectivity index (χ0v) is 10.1. The van der Waals surface area contributed by atoms with Crippen molar-refractivity contribution >= 4 is 0 Å². The zero-order valence-electron chi connectivity index (χ0n) is 10.1. The summed E-state index contributed by atoms with van der Waals surface area (Å²) in [5, 5.41) is 0. The minimum atomic E-state index is -0.550. The first-order valence-corrected chi connectivity index (χ1v) is 5.22. The second-order valence-electron chi connectivity index (χ2n) is 3.41. The van der Waals surface area contributed by atoms with E-state index < -0.39 is 6.04 Å². The van der Waals surface area contributed by atoms with Crippen molar-refractivity contribution in [3.05, 3.63) is 36.2 Å². The molecule has 0 saturated carbocycles. The molecule has 94 valence electrons. The van der Waals surface area contributed by atoms with Crippen LogP contribution in [0.15, 0.2) is 24.8 Å². The minimum absolute atomic E-state index is 0.377. The molecule has 1 atom stereocenters. The van der Waals surface area contributed by atoms with Gasteiger partial charge < -0.3 is 15.2 Å². The van der Waals surface area contributed by atoms with Crippen LogP contribution >= 0.6 is 0 Å². The Morgan fingerprint density at radius 2 is 1.83 bits per heavy atom. The van der Waals surface area contributed by atoms with Crippen molar-refractivity contribution in [3.63, 3.8) is 0 Å². The minimum Gasteiger partial charge on any atom is -0.481 e. The molecule has 0 aromatic carbocycles. The van der Waals surface area contributed by atoms with Crippen LogP contribution in [0.3, 0.4) is 0 Å². The maximum absolute atomic E-state index is 6.09. The lowest BCUT2D eigenvalue weighted by Crippen LogP contribution is -2.17. The van der Waals surface area contributed by atoms with Crippen molar-refractivity contribution in [2.24, 2.45) is 5.73 Å². The van der Waals surface area contributed by atoms with Crippen molar-refractivity contribution in [2.45, 2.75) is 6.04 Å². The zero-order chi connectivity index (χ0) is 13.0. The van der Waals surface area contributed by atoms with Crippen LogP contribution in [0.5, 0.6) is 11.8 Å². The molecule has 2 aromatic rings. The number of nitrogens with zero attached hydrogens (tertiary/aromatic N) is 4. The summed E-state index contributed by atoms with van der Waals surface area (Å²) < 4.78 is 10.1. The molecule has 0 spiro atoms. The molecule has 0 amide bonds. The van der Waals surface area contributed by atoms with Gasteiger partial charge in [-0.25, -0.2) is 15.0 Å². The van der Waals surface area contributed by atoms with E-state index in [9.17, 15) is 0 Å². The monoisotopic (exact) mass is 247 g/mol. The van der Waals surface area contributed by atoms with Gasteiger partial charge in [0.25, 0.3) is 0 Å². The molecule has 2 heterocycles. The summed E-state index contributed by atoms with van der Waals surface area (Å²) in [6.07, 6.45) is 4.47. The van der Waals surface area contributed by atoms with E-state index in [0.29, 0.717) is 23.1 Å². The van der Waals surface area contributed by atoms with Gasteiger partial charge in [0, 0.05) is 18.5 Å². The fourth-order valence-corrected chi connectivity index (χ4v) is 1.48. The molecule has 18 heavy (non-hydrogen) atoms. The van der Waals surface area contributed by atoms with Gasteiger partial charge in [-0.05, 0) is 0 Å². The predicted molar refractivity (Wildman–Crippen MR) is 63.2 cm³/mol. The van der Waals surface area contributed by atoms with Crippen molar-refractivity contribution in [3.8, 4) is 11.8 Å². The van der Waals surface area contributed by atoms with E-state index in [0.717, 1.165) is 0 Å². The summed E-state index contributed by atoms with van der Waals surface area (Å²) in [5.74, 6) is 0.820. The lowest BCUT2D eigenvalue weighted by Gasteiger charge is -2.13. The summed E-state index contributed by atoms with van der Waals surface area (Å²) in [6, 6.07) is 1.10. The smallest absolute Gasteiger partial charge is 0.237 e. The summed E-state index contributed by atoms with van der Waals surface area (Å²) in [6.45, 7) is 0. The van der Waals surface area contributed by atoms with Gasteiger partial charge in [0.05, 0.1) is 26.0 Å². The third-order valence-electron chi connectivity index (χ3n) is 2.37. The number of methoxy groups -OCH3 is 2. The van der Waals surface area contributed by atoms with Crippen LogP contribution in [0.4, 0.5) is 0 Å². The van der Waals surface area contributed by atoms with E-state index in [1.165, 1.54) is 26.7 Å². The Balaban J connectivity index is 2.37. The predicted octanol–water partition coefficient (Wildman–Crippen LogP) is 0.332. The maximum Gasteiger partial charge on any atom is 0.237 e. The van der Waals surface area contributed by atoms with Crippen LogP contribution in [-0.2, 0) is 0 Å².